The Morgan fingerprint density at radius 1 is 1.12 bits per heavy atom. The number of nitrogens with zero attached hydrogens (tertiary/aromatic N) is 2. The van der Waals surface area contributed by atoms with Gasteiger partial charge in [-0.05, 0) is 56.2 Å². The molecule has 3 aliphatic rings. The van der Waals surface area contributed by atoms with Gasteiger partial charge in [-0.1, -0.05) is 0 Å². The second-order valence-corrected chi connectivity index (χ2v) is 7.97. The molecule has 2 bridgehead atoms. The first-order chi connectivity index (χ1) is 12.5. The number of anilines is 1. The van der Waals surface area contributed by atoms with E-state index in [1.807, 2.05) is 9.80 Å². The molecule has 0 radical (unpaired) electrons. The summed E-state index contributed by atoms with van der Waals surface area (Å²) in [4.78, 5) is 28.2. The van der Waals surface area contributed by atoms with Gasteiger partial charge in [0.2, 0.25) is 5.91 Å². The number of Topliss-reactive ketones (excluding diaryl/α,β-unsaturated/α-hetero) is 1. The Balaban J connectivity index is 1.40. The van der Waals surface area contributed by atoms with Crippen LogP contribution in [0.3, 0.4) is 0 Å². The van der Waals surface area contributed by atoms with Crippen molar-refractivity contribution >= 4 is 17.4 Å². The van der Waals surface area contributed by atoms with Gasteiger partial charge >= 0.3 is 0 Å². The van der Waals surface area contributed by atoms with E-state index in [-0.39, 0.29) is 29.5 Å². The summed E-state index contributed by atoms with van der Waals surface area (Å²) in [6.45, 7) is 3.80. The van der Waals surface area contributed by atoms with Crippen molar-refractivity contribution < 1.29 is 14.0 Å². The zero-order chi connectivity index (χ0) is 18.4. The summed E-state index contributed by atoms with van der Waals surface area (Å²) in [5.41, 5.74) is 7.19. The number of benzene rings is 1. The van der Waals surface area contributed by atoms with Crippen molar-refractivity contribution in [3.05, 3.63) is 29.6 Å². The molecule has 2 aliphatic carbocycles. The van der Waals surface area contributed by atoms with Crippen LogP contribution in [-0.2, 0) is 4.79 Å². The van der Waals surface area contributed by atoms with Crippen molar-refractivity contribution in [3.63, 3.8) is 0 Å². The number of hydrogen-bond acceptors (Lipinski definition) is 4. The minimum Gasteiger partial charge on any atom is -0.366 e. The maximum absolute atomic E-state index is 14.4. The van der Waals surface area contributed by atoms with Gasteiger partial charge in [-0.15, -0.1) is 0 Å². The summed E-state index contributed by atoms with van der Waals surface area (Å²) in [5.74, 6) is 0.616. The van der Waals surface area contributed by atoms with Crippen LogP contribution < -0.4 is 10.6 Å². The van der Waals surface area contributed by atoms with Crippen molar-refractivity contribution in [3.8, 4) is 0 Å². The van der Waals surface area contributed by atoms with Crippen LogP contribution in [0.4, 0.5) is 10.1 Å². The zero-order valence-electron chi connectivity index (χ0n) is 15.2. The van der Waals surface area contributed by atoms with E-state index in [4.69, 9.17) is 5.73 Å². The predicted molar refractivity (Wildman–Crippen MR) is 97.5 cm³/mol. The maximum atomic E-state index is 14.4. The number of amides is 1. The van der Waals surface area contributed by atoms with Crippen molar-refractivity contribution in [2.75, 3.05) is 31.1 Å². The Bertz CT molecular complexity index is 728. The Kier molecular flexibility index (Phi) is 4.47. The van der Waals surface area contributed by atoms with Gasteiger partial charge in [-0.3, -0.25) is 9.59 Å². The lowest BCUT2D eigenvalue weighted by atomic mass is 9.84. The fourth-order valence-electron chi connectivity index (χ4n) is 5.06. The lowest BCUT2D eigenvalue weighted by molar-refractivity contribution is -0.138. The minimum atomic E-state index is -0.382. The molecular formula is C20H26FN3O2. The van der Waals surface area contributed by atoms with E-state index >= 15 is 0 Å². The molecule has 1 saturated heterocycles. The molecule has 0 aromatic heterocycles. The molecule has 1 aliphatic heterocycles. The third kappa shape index (κ3) is 2.90. The third-order valence-corrected chi connectivity index (χ3v) is 6.55. The van der Waals surface area contributed by atoms with Crippen LogP contribution in [0.25, 0.3) is 0 Å². The number of carbonyl (C=O) groups is 2. The van der Waals surface area contributed by atoms with Gasteiger partial charge in [0.25, 0.3) is 0 Å². The number of halogens is 1. The predicted octanol–water partition coefficient (Wildman–Crippen LogP) is 2.05. The number of carbonyl (C=O) groups excluding carboxylic acids is 2. The highest BCUT2D eigenvalue weighted by Crippen LogP contribution is 2.48. The van der Waals surface area contributed by atoms with E-state index in [0.717, 1.165) is 12.8 Å². The molecule has 5 nitrogen and oxygen atoms in total. The standard InChI is InChI=1S/C20H26FN3O2/c1-12(25)13-4-5-17(16(21)11-13)23-6-8-24(9-7-23)20(26)18-14-2-3-15(10-14)19(18)22/h4-5,11,14-15,18-19H,2-3,6-10,22H2,1H3. The topological polar surface area (TPSA) is 66.6 Å². The van der Waals surface area contributed by atoms with Crippen LogP contribution in [-0.4, -0.2) is 48.8 Å². The van der Waals surface area contributed by atoms with Gasteiger partial charge in [0.1, 0.15) is 5.82 Å². The van der Waals surface area contributed by atoms with Crippen molar-refractivity contribution in [2.24, 2.45) is 23.5 Å². The highest BCUT2D eigenvalue weighted by Gasteiger charge is 2.50. The van der Waals surface area contributed by atoms with Gasteiger partial charge in [0.05, 0.1) is 11.6 Å². The second-order valence-electron chi connectivity index (χ2n) is 7.97. The number of rotatable bonds is 3. The van der Waals surface area contributed by atoms with Gasteiger partial charge in [-0.2, -0.15) is 0 Å². The highest BCUT2D eigenvalue weighted by atomic mass is 19.1. The minimum absolute atomic E-state index is 0.0100. The number of ketones is 1. The Morgan fingerprint density at radius 2 is 1.81 bits per heavy atom. The number of nitrogens with two attached hydrogens (primary N) is 1. The molecule has 1 aromatic carbocycles. The molecule has 1 heterocycles. The van der Waals surface area contributed by atoms with Crippen LogP contribution in [0.1, 0.15) is 36.5 Å². The van der Waals surface area contributed by atoms with Crippen LogP contribution in [0.2, 0.25) is 0 Å². The quantitative estimate of drug-likeness (QED) is 0.839. The fraction of sp³-hybridized carbons (Fsp3) is 0.600. The molecule has 0 spiro atoms. The average molecular weight is 359 g/mol. The van der Waals surface area contributed by atoms with E-state index < -0.39 is 0 Å². The Hall–Kier alpha value is -1.95. The molecule has 140 valence electrons. The summed E-state index contributed by atoms with van der Waals surface area (Å²) in [6, 6.07) is 4.63. The Morgan fingerprint density at radius 3 is 2.38 bits per heavy atom. The summed E-state index contributed by atoms with van der Waals surface area (Å²) >= 11 is 0. The molecule has 2 N–H and O–H groups in total. The van der Waals surface area contributed by atoms with E-state index in [1.54, 1.807) is 12.1 Å². The maximum Gasteiger partial charge on any atom is 0.227 e. The van der Waals surface area contributed by atoms with Crippen LogP contribution in [0, 0.1) is 23.6 Å². The summed E-state index contributed by atoms with van der Waals surface area (Å²) < 4.78 is 14.4. The van der Waals surface area contributed by atoms with Gasteiger partial charge in [0.15, 0.2) is 5.78 Å². The first kappa shape index (κ1) is 17.5. The SMILES string of the molecule is CC(=O)c1ccc(N2CCN(C(=O)C3C4CCC(C4)C3N)CC2)c(F)c1. The summed E-state index contributed by atoms with van der Waals surface area (Å²) in [7, 11) is 0. The molecule has 6 heteroatoms. The molecule has 2 saturated carbocycles. The molecule has 4 atom stereocenters. The average Bonchev–Trinajstić information content (AvgIpc) is 3.22. The number of piperazine rings is 1. The van der Waals surface area contributed by atoms with E-state index in [2.05, 4.69) is 0 Å². The van der Waals surface area contributed by atoms with Crippen LogP contribution >= 0.6 is 0 Å². The van der Waals surface area contributed by atoms with Crippen molar-refractivity contribution in [1.82, 2.24) is 4.90 Å². The van der Waals surface area contributed by atoms with E-state index in [1.165, 1.54) is 19.4 Å². The second kappa shape index (κ2) is 6.65. The Labute approximate surface area is 153 Å². The molecule has 3 fully saturated rings. The largest absolute Gasteiger partial charge is 0.366 e. The zero-order valence-corrected chi connectivity index (χ0v) is 15.2. The first-order valence-electron chi connectivity index (χ1n) is 9.55. The monoisotopic (exact) mass is 359 g/mol. The van der Waals surface area contributed by atoms with Crippen LogP contribution in [0.15, 0.2) is 18.2 Å². The van der Waals surface area contributed by atoms with Gasteiger partial charge in [0, 0.05) is 37.8 Å². The molecule has 1 aromatic rings. The summed E-state index contributed by atoms with van der Waals surface area (Å²) in [5, 5.41) is 0. The lowest BCUT2D eigenvalue weighted by Gasteiger charge is -2.39. The summed E-state index contributed by atoms with van der Waals surface area (Å²) in [6.07, 6.45) is 3.40. The van der Waals surface area contributed by atoms with E-state index in [9.17, 15) is 14.0 Å². The molecular weight excluding hydrogens is 333 g/mol. The molecule has 1 amide bonds. The smallest absolute Gasteiger partial charge is 0.227 e. The first-order valence-corrected chi connectivity index (χ1v) is 9.55. The van der Waals surface area contributed by atoms with Gasteiger partial charge in [-0.25, -0.2) is 4.39 Å². The third-order valence-electron chi connectivity index (χ3n) is 6.55. The van der Waals surface area contributed by atoms with Crippen molar-refractivity contribution in [2.45, 2.75) is 32.2 Å². The molecule has 4 rings (SSSR count). The fourth-order valence-corrected chi connectivity index (χ4v) is 5.06. The molecule has 4 unspecified atom stereocenters. The van der Waals surface area contributed by atoms with Crippen LogP contribution in [0.5, 0.6) is 0 Å². The van der Waals surface area contributed by atoms with Crippen molar-refractivity contribution in [1.29, 1.82) is 0 Å². The molecule has 26 heavy (non-hydrogen) atoms. The number of hydrogen-bond donors (Lipinski definition) is 1. The number of fused-ring (bicyclic) bond motifs is 2. The lowest BCUT2D eigenvalue weighted by Crippen LogP contribution is -2.54. The normalized spacial score (nSPS) is 30.7. The highest BCUT2D eigenvalue weighted by molar-refractivity contribution is 5.94. The van der Waals surface area contributed by atoms with Gasteiger partial charge < -0.3 is 15.5 Å². The van der Waals surface area contributed by atoms with E-state index in [0.29, 0.717) is 49.3 Å².